The van der Waals surface area contributed by atoms with Crippen LogP contribution in [0.4, 0.5) is 8.78 Å². The van der Waals surface area contributed by atoms with E-state index in [1.807, 2.05) is 0 Å². The number of carbonyl (C=O) groups is 2. The van der Waals surface area contributed by atoms with E-state index in [1.54, 1.807) is 6.92 Å². The Balaban J connectivity index is 2.48. The fraction of sp³-hybridized carbons (Fsp3) is 0.833. The number of amides is 1. The van der Waals surface area contributed by atoms with E-state index in [0.29, 0.717) is 6.54 Å². The topological polar surface area (TPSA) is 76.1 Å². The Morgan fingerprint density at radius 2 is 2.15 bits per heavy atom. The first kappa shape index (κ1) is 16.8. The highest BCUT2D eigenvalue weighted by molar-refractivity contribution is 5.78. The van der Waals surface area contributed by atoms with Gasteiger partial charge in [-0.25, -0.2) is 8.78 Å². The number of nitrogens with zero attached hydrogens (tertiary/aromatic N) is 1. The molecule has 0 aliphatic carbocycles. The molecule has 1 amide bonds. The van der Waals surface area contributed by atoms with Gasteiger partial charge in [0.25, 0.3) is 6.43 Å². The molecule has 1 aliphatic heterocycles. The van der Waals surface area contributed by atoms with Crippen LogP contribution >= 0.6 is 0 Å². The van der Waals surface area contributed by atoms with Crippen LogP contribution in [0.5, 0.6) is 0 Å². The third-order valence-electron chi connectivity index (χ3n) is 3.13. The molecule has 0 aromatic heterocycles. The summed E-state index contributed by atoms with van der Waals surface area (Å²) < 4.78 is 33.5. The predicted molar refractivity (Wildman–Crippen MR) is 64.6 cm³/mol. The molecule has 8 heteroatoms. The van der Waals surface area contributed by atoms with Crippen molar-refractivity contribution >= 4 is 11.9 Å². The average molecular weight is 295 g/mol. The summed E-state index contributed by atoms with van der Waals surface area (Å²) in [5.41, 5.74) is 0. The van der Waals surface area contributed by atoms with Crippen molar-refractivity contribution in [3.05, 3.63) is 0 Å². The molecule has 0 spiro atoms. The summed E-state index contributed by atoms with van der Waals surface area (Å²) in [5.74, 6) is -2.07. The number of hydrogen-bond acceptors (Lipinski definition) is 4. The Bertz CT molecular complexity index is 340. The van der Waals surface area contributed by atoms with Gasteiger partial charge in [-0.3, -0.25) is 9.59 Å². The first-order valence-corrected chi connectivity index (χ1v) is 6.43. The molecule has 20 heavy (non-hydrogen) atoms. The second kappa shape index (κ2) is 8.11. The van der Waals surface area contributed by atoms with Crippen LogP contribution in [0, 0.1) is 5.92 Å². The Hall–Kier alpha value is -1.28. The molecule has 1 rings (SSSR count). The van der Waals surface area contributed by atoms with Crippen LogP contribution in [0.2, 0.25) is 0 Å². The maximum atomic E-state index is 12.0. The van der Waals surface area contributed by atoms with E-state index in [2.05, 4.69) is 4.74 Å². The molecule has 2 atom stereocenters. The normalized spacial score (nSPS) is 22.2. The van der Waals surface area contributed by atoms with Gasteiger partial charge in [0.2, 0.25) is 5.91 Å². The fourth-order valence-corrected chi connectivity index (χ4v) is 2.16. The van der Waals surface area contributed by atoms with Crippen molar-refractivity contribution in [1.29, 1.82) is 0 Å². The van der Waals surface area contributed by atoms with Gasteiger partial charge in [-0.2, -0.15) is 0 Å². The number of hydrogen-bond donors (Lipinski definition) is 1. The van der Waals surface area contributed by atoms with Crippen molar-refractivity contribution in [2.75, 3.05) is 33.0 Å². The summed E-state index contributed by atoms with van der Waals surface area (Å²) in [6, 6.07) is -0.514. The highest BCUT2D eigenvalue weighted by Crippen LogP contribution is 2.20. The Labute approximate surface area is 115 Å². The van der Waals surface area contributed by atoms with Gasteiger partial charge in [0.05, 0.1) is 32.3 Å². The molecule has 6 nitrogen and oxygen atoms in total. The molecule has 1 saturated heterocycles. The molecule has 0 bridgehead atoms. The lowest BCUT2D eigenvalue weighted by molar-refractivity contribution is -0.145. The molecule has 1 N–H and O–H groups in total. The van der Waals surface area contributed by atoms with Crippen LogP contribution in [0.25, 0.3) is 0 Å². The van der Waals surface area contributed by atoms with Crippen LogP contribution in [-0.2, 0) is 19.1 Å². The van der Waals surface area contributed by atoms with Crippen molar-refractivity contribution in [2.45, 2.75) is 25.8 Å². The van der Waals surface area contributed by atoms with E-state index in [0.717, 1.165) is 0 Å². The molecule has 0 aromatic carbocycles. The van der Waals surface area contributed by atoms with Gasteiger partial charge >= 0.3 is 5.97 Å². The van der Waals surface area contributed by atoms with Gasteiger partial charge in [-0.1, -0.05) is 0 Å². The Morgan fingerprint density at radius 3 is 2.70 bits per heavy atom. The lowest BCUT2D eigenvalue weighted by Crippen LogP contribution is -2.46. The number of likely N-dealkylation sites (N-methyl/N-ethyl adjacent to an activating group) is 1. The SMILES string of the molecule is CCN(C(=O)CCOCC(F)F)C1COCC1C(=O)O. The van der Waals surface area contributed by atoms with E-state index in [1.165, 1.54) is 4.90 Å². The van der Waals surface area contributed by atoms with Crippen molar-refractivity contribution in [3.8, 4) is 0 Å². The first-order chi connectivity index (χ1) is 9.47. The fourth-order valence-electron chi connectivity index (χ4n) is 2.16. The minimum atomic E-state index is -2.56. The minimum Gasteiger partial charge on any atom is -0.481 e. The lowest BCUT2D eigenvalue weighted by atomic mass is 10.0. The zero-order valence-electron chi connectivity index (χ0n) is 11.3. The highest BCUT2D eigenvalue weighted by atomic mass is 19.3. The van der Waals surface area contributed by atoms with Gasteiger partial charge in [0, 0.05) is 6.54 Å². The summed E-state index contributed by atoms with van der Waals surface area (Å²) in [6.07, 6.45) is -2.62. The predicted octanol–water partition coefficient (Wildman–Crippen LogP) is 0.606. The molecule has 116 valence electrons. The summed E-state index contributed by atoms with van der Waals surface area (Å²) >= 11 is 0. The summed E-state index contributed by atoms with van der Waals surface area (Å²) in [7, 11) is 0. The van der Waals surface area contributed by atoms with Crippen molar-refractivity contribution in [3.63, 3.8) is 0 Å². The summed E-state index contributed by atoms with van der Waals surface area (Å²) in [6.45, 7) is 1.51. The molecule has 1 aliphatic rings. The van der Waals surface area contributed by atoms with Crippen LogP contribution in [-0.4, -0.2) is 67.3 Å². The maximum Gasteiger partial charge on any atom is 0.311 e. The summed E-state index contributed by atoms with van der Waals surface area (Å²) in [4.78, 5) is 24.5. The van der Waals surface area contributed by atoms with Gasteiger partial charge in [-0.15, -0.1) is 0 Å². The third-order valence-corrected chi connectivity index (χ3v) is 3.13. The Morgan fingerprint density at radius 1 is 1.45 bits per heavy atom. The molecule has 0 saturated carbocycles. The number of carbonyl (C=O) groups excluding carboxylic acids is 1. The number of aliphatic carboxylic acids is 1. The average Bonchev–Trinajstić information content (AvgIpc) is 2.84. The largest absolute Gasteiger partial charge is 0.481 e. The molecule has 2 unspecified atom stereocenters. The molecule has 1 fully saturated rings. The number of halogens is 2. The monoisotopic (exact) mass is 295 g/mol. The van der Waals surface area contributed by atoms with Gasteiger partial charge in [0.15, 0.2) is 0 Å². The van der Waals surface area contributed by atoms with Gasteiger partial charge in [-0.05, 0) is 6.92 Å². The minimum absolute atomic E-state index is 0.0522. The molecule has 0 aromatic rings. The standard InChI is InChI=1S/C12H19F2NO5/c1-2-15(9-6-20-5-8(9)12(17)18)11(16)3-4-19-7-10(13)14/h8-10H,2-7H2,1H3,(H,17,18). The smallest absolute Gasteiger partial charge is 0.311 e. The van der Waals surface area contributed by atoms with Crippen LogP contribution in [0.15, 0.2) is 0 Å². The zero-order valence-corrected chi connectivity index (χ0v) is 11.3. The maximum absolute atomic E-state index is 12.0. The molecular formula is C12H19F2NO5. The van der Waals surface area contributed by atoms with Crippen molar-refractivity contribution in [2.24, 2.45) is 5.92 Å². The molecular weight excluding hydrogens is 276 g/mol. The van der Waals surface area contributed by atoms with E-state index in [-0.39, 0.29) is 32.1 Å². The second-order valence-electron chi connectivity index (χ2n) is 4.45. The Kier molecular flexibility index (Phi) is 6.80. The number of alkyl halides is 2. The lowest BCUT2D eigenvalue weighted by Gasteiger charge is -2.29. The van der Waals surface area contributed by atoms with E-state index in [4.69, 9.17) is 9.84 Å². The van der Waals surface area contributed by atoms with Crippen LogP contribution in [0.1, 0.15) is 13.3 Å². The van der Waals surface area contributed by atoms with E-state index >= 15 is 0 Å². The van der Waals surface area contributed by atoms with E-state index < -0.39 is 31.0 Å². The summed E-state index contributed by atoms with van der Waals surface area (Å²) in [5, 5.41) is 9.06. The molecule has 1 heterocycles. The zero-order chi connectivity index (χ0) is 15.1. The highest BCUT2D eigenvalue weighted by Gasteiger charge is 2.39. The number of carboxylic acids is 1. The number of carboxylic acid groups (broad SMARTS) is 1. The van der Waals surface area contributed by atoms with Crippen LogP contribution in [0.3, 0.4) is 0 Å². The second-order valence-corrected chi connectivity index (χ2v) is 4.45. The van der Waals surface area contributed by atoms with E-state index in [9.17, 15) is 18.4 Å². The quantitative estimate of drug-likeness (QED) is 0.664. The number of ether oxygens (including phenoxy) is 2. The van der Waals surface area contributed by atoms with Gasteiger partial charge in [0.1, 0.15) is 12.5 Å². The molecule has 0 radical (unpaired) electrons. The first-order valence-electron chi connectivity index (χ1n) is 6.43. The van der Waals surface area contributed by atoms with Crippen molar-refractivity contribution < 1.29 is 33.0 Å². The van der Waals surface area contributed by atoms with Gasteiger partial charge < -0.3 is 19.5 Å². The van der Waals surface area contributed by atoms with Crippen molar-refractivity contribution in [1.82, 2.24) is 4.90 Å². The van der Waals surface area contributed by atoms with Crippen LogP contribution < -0.4 is 0 Å². The third kappa shape index (κ3) is 4.68. The number of rotatable bonds is 8.